The van der Waals surface area contributed by atoms with Gasteiger partial charge >= 0.3 is 0 Å². The maximum atomic E-state index is 11.8. The van der Waals surface area contributed by atoms with Gasteiger partial charge in [-0.15, -0.1) is 0 Å². The Hall–Kier alpha value is -1.56. The number of ketones is 1. The van der Waals surface area contributed by atoms with Crippen LogP contribution in [-0.2, 0) is 0 Å². The van der Waals surface area contributed by atoms with Crippen molar-refractivity contribution in [3.8, 4) is 6.07 Å². The number of H-pyrrole nitrogens is 1. The molecule has 0 bridgehead atoms. The zero-order chi connectivity index (χ0) is 9.31. The lowest BCUT2D eigenvalue weighted by Crippen LogP contribution is -2.36. The lowest BCUT2D eigenvalue weighted by molar-refractivity contribution is 0.0743. The summed E-state index contributed by atoms with van der Waals surface area (Å²) in [6.07, 6.45) is 4.11. The number of nitrogens with zero attached hydrogens (tertiary/aromatic N) is 1. The number of carbonyl (C=O) groups is 1. The summed E-state index contributed by atoms with van der Waals surface area (Å²) in [4.78, 5) is 14.6. The average molecular weight is 174 g/mol. The summed E-state index contributed by atoms with van der Waals surface area (Å²) in [5.74, 6) is -0.0498. The molecule has 2 rings (SSSR count). The maximum absolute atomic E-state index is 11.8. The molecule has 0 unspecified atom stereocenters. The van der Waals surface area contributed by atoms with Crippen LogP contribution in [0.4, 0.5) is 0 Å². The van der Waals surface area contributed by atoms with E-state index >= 15 is 0 Å². The highest BCUT2D eigenvalue weighted by atomic mass is 16.1. The first-order valence-electron chi connectivity index (χ1n) is 4.38. The molecule has 66 valence electrons. The molecular formula is C10H10N2O. The van der Waals surface area contributed by atoms with Gasteiger partial charge in [0.1, 0.15) is 5.41 Å². The van der Waals surface area contributed by atoms with Crippen LogP contribution >= 0.6 is 0 Å². The van der Waals surface area contributed by atoms with Crippen LogP contribution in [0.15, 0.2) is 18.3 Å². The minimum Gasteiger partial charge on any atom is -0.359 e. The zero-order valence-electron chi connectivity index (χ0n) is 7.21. The average Bonchev–Trinajstić information content (AvgIpc) is 2.54. The second kappa shape index (κ2) is 2.74. The standard InChI is InChI=1S/C10H10N2O/c11-7-10(4-2-5-10)9(13)8-3-1-6-12-8/h1,3,6,12H,2,4-5H2. The predicted octanol–water partition coefficient (Wildman–Crippen LogP) is 1.89. The van der Waals surface area contributed by atoms with Gasteiger partial charge in [-0.1, -0.05) is 0 Å². The van der Waals surface area contributed by atoms with E-state index in [1.54, 1.807) is 18.3 Å². The SMILES string of the molecule is N#CC1(C(=O)c2ccc[nH]2)CCC1. The molecular weight excluding hydrogens is 164 g/mol. The molecule has 1 N–H and O–H groups in total. The van der Waals surface area contributed by atoms with Gasteiger partial charge in [0.05, 0.1) is 11.8 Å². The lowest BCUT2D eigenvalue weighted by Gasteiger charge is -2.32. The highest BCUT2D eigenvalue weighted by molar-refractivity contribution is 6.01. The van der Waals surface area contributed by atoms with E-state index in [2.05, 4.69) is 11.1 Å². The summed E-state index contributed by atoms with van der Waals surface area (Å²) >= 11 is 0. The number of rotatable bonds is 2. The molecule has 0 aliphatic heterocycles. The van der Waals surface area contributed by atoms with Crippen molar-refractivity contribution in [2.75, 3.05) is 0 Å². The largest absolute Gasteiger partial charge is 0.359 e. The van der Waals surface area contributed by atoms with Gasteiger partial charge in [0.25, 0.3) is 0 Å². The number of aromatic amines is 1. The Kier molecular flexibility index (Phi) is 1.70. The third-order valence-corrected chi connectivity index (χ3v) is 2.70. The van der Waals surface area contributed by atoms with Crippen molar-refractivity contribution in [2.24, 2.45) is 5.41 Å². The van der Waals surface area contributed by atoms with Gasteiger partial charge < -0.3 is 4.98 Å². The Morgan fingerprint density at radius 3 is 2.77 bits per heavy atom. The summed E-state index contributed by atoms with van der Waals surface area (Å²) in [6.45, 7) is 0. The summed E-state index contributed by atoms with van der Waals surface area (Å²) in [5.41, 5.74) is -0.161. The monoisotopic (exact) mass is 174 g/mol. The fraction of sp³-hybridized carbons (Fsp3) is 0.400. The molecule has 1 aliphatic carbocycles. The Morgan fingerprint density at radius 1 is 1.62 bits per heavy atom. The summed E-state index contributed by atoms with van der Waals surface area (Å²) in [6, 6.07) is 5.63. The van der Waals surface area contributed by atoms with Crippen molar-refractivity contribution in [1.82, 2.24) is 4.98 Å². The Bertz CT molecular complexity index is 355. The third-order valence-electron chi connectivity index (χ3n) is 2.70. The Labute approximate surface area is 76.4 Å². The summed E-state index contributed by atoms with van der Waals surface area (Å²) in [7, 11) is 0. The van der Waals surface area contributed by atoms with E-state index in [-0.39, 0.29) is 5.78 Å². The molecule has 0 amide bonds. The zero-order valence-corrected chi connectivity index (χ0v) is 7.21. The van der Waals surface area contributed by atoms with Gasteiger partial charge in [-0.05, 0) is 31.4 Å². The summed E-state index contributed by atoms with van der Waals surface area (Å²) in [5, 5.41) is 8.92. The van der Waals surface area contributed by atoms with Crippen LogP contribution in [0.2, 0.25) is 0 Å². The molecule has 3 heteroatoms. The van der Waals surface area contributed by atoms with E-state index < -0.39 is 5.41 Å². The van der Waals surface area contributed by atoms with E-state index in [0.717, 1.165) is 6.42 Å². The minimum atomic E-state index is -0.717. The normalized spacial score (nSPS) is 18.7. The molecule has 1 heterocycles. The first kappa shape index (κ1) is 8.06. The van der Waals surface area contributed by atoms with Crippen LogP contribution < -0.4 is 0 Å². The van der Waals surface area contributed by atoms with Crippen molar-refractivity contribution in [2.45, 2.75) is 19.3 Å². The van der Waals surface area contributed by atoms with E-state index in [4.69, 9.17) is 5.26 Å². The van der Waals surface area contributed by atoms with E-state index in [9.17, 15) is 4.79 Å². The maximum Gasteiger partial charge on any atom is 0.199 e. The summed E-state index contributed by atoms with van der Waals surface area (Å²) < 4.78 is 0. The second-order valence-corrected chi connectivity index (χ2v) is 3.46. The molecule has 1 fully saturated rings. The lowest BCUT2D eigenvalue weighted by atomic mass is 9.66. The number of nitrogens with one attached hydrogen (secondary N) is 1. The van der Waals surface area contributed by atoms with Crippen LogP contribution in [0.5, 0.6) is 0 Å². The fourth-order valence-corrected chi connectivity index (χ4v) is 1.65. The van der Waals surface area contributed by atoms with Crippen molar-refractivity contribution >= 4 is 5.78 Å². The van der Waals surface area contributed by atoms with Crippen molar-refractivity contribution in [3.63, 3.8) is 0 Å². The first-order valence-corrected chi connectivity index (χ1v) is 4.38. The van der Waals surface area contributed by atoms with Crippen LogP contribution in [0.25, 0.3) is 0 Å². The van der Waals surface area contributed by atoms with Crippen LogP contribution in [0.1, 0.15) is 29.8 Å². The molecule has 0 spiro atoms. The number of nitriles is 1. The van der Waals surface area contributed by atoms with E-state index in [1.807, 2.05) is 0 Å². The van der Waals surface area contributed by atoms with Gasteiger partial charge in [-0.2, -0.15) is 5.26 Å². The predicted molar refractivity (Wildman–Crippen MR) is 47.0 cm³/mol. The Morgan fingerprint density at radius 2 is 2.38 bits per heavy atom. The first-order chi connectivity index (χ1) is 6.28. The highest BCUT2D eigenvalue weighted by Crippen LogP contribution is 2.42. The second-order valence-electron chi connectivity index (χ2n) is 3.46. The third kappa shape index (κ3) is 1.06. The van der Waals surface area contributed by atoms with Gasteiger partial charge in [-0.25, -0.2) is 0 Å². The number of aromatic nitrogens is 1. The smallest absolute Gasteiger partial charge is 0.199 e. The van der Waals surface area contributed by atoms with E-state index in [0.29, 0.717) is 18.5 Å². The molecule has 0 aromatic carbocycles. The molecule has 0 atom stereocenters. The van der Waals surface area contributed by atoms with Crippen LogP contribution in [-0.4, -0.2) is 10.8 Å². The topological polar surface area (TPSA) is 56.6 Å². The Balaban J connectivity index is 2.28. The molecule has 1 aromatic heterocycles. The number of hydrogen-bond donors (Lipinski definition) is 1. The molecule has 0 saturated heterocycles. The highest BCUT2D eigenvalue weighted by Gasteiger charge is 2.45. The van der Waals surface area contributed by atoms with E-state index in [1.165, 1.54) is 0 Å². The minimum absolute atomic E-state index is 0.0498. The van der Waals surface area contributed by atoms with Crippen LogP contribution in [0.3, 0.4) is 0 Å². The van der Waals surface area contributed by atoms with Gasteiger partial charge in [0.15, 0.2) is 5.78 Å². The van der Waals surface area contributed by atoms with Crippen molar-refractivity contribution < 1.29 is 4.79 Å². The van der Waals surface area contributed by atoms with Crippen molar-refractivity contribution in [1.29, 1.82) is 5.26 Å². The van der Waals surface area contributed by atoms with Gasteiger partial charge in [-0.3, -0.25) is 4.79 Å². The number of carbonyl (C=O) groups excluding carboxylic acids is 1. The quantitative estimate of drug-likeness (QED) is 0.696. The fourth-order valence-electron chi connectivity index (χ4n) is 1.65. The molecule has 0 radical (unpaired) electrons. The molecule has 3 nitrogen and oxygen atoms in total. The molecule has 1 saturated carbocycles. The van der Waals surface area contributed by atoms with Crippen molar-refractivity contribution in [3.05, 3.63) is 24.0 Å². The molecule has 1 aromatic rings. The van der Waals surface area contributed by atoms with Crippen LogP contribution in [0, 0.1) is 16.7 Å². The molecule has 13 heavy (non-hydrogen) atoms. The van der Waals surface area contributed by atoms with Gasteiger partial charge in [0, 0.05) is 6.20 Å². The molecule has 1 aliphatic rings. The number of Topliss-reactive ketones (excluding diaryl/α,β-unsaturated/α-hetero) is 1. The number of hydrogen-bond acceptors (Lipinski definition) is 2. The van der Waals surface area contributed by atoms with Gasteiger partial charge in [0.2, 0.25) is 0 Å².